The molecule has 0 aromatic carbocycles. The Morgan fingerprint density at radius 2 is 2.31 bits per heavy atom. The van der Waals surface area contributed by atoms with Crippen molar-refractivity contribution in [1.82, 2.24) is 4.90 Å². The summed E-state index contributed by atoms with van der Waals surface area (Å²) in [4.78, 5) is 2.24. The molecule has 1 aliphatic rings. The lowest BCUT2D eigenvalue weighted by atomic mass is 10.3. The molecule has 1 fully saturated rings. The molecule has 0 aromatic heterocycles. The summed E-state index contributed by atoms with van der Waals surface area (Å²) in [6.07, 6.45) is 1.94. The van der Waals surface area contributed by atoms with Crippen LogP contribution in [0.2, 0.25) is 0 Å². The zero-order valence-electron chi connectivity index (χ0n) is 8.70. The number of β-amino-alcohol motifs (C(OH)–C–C–N with tert-alkyl or cyclic N) is 1. The van der Waals surface area contributed by atoms with Gasteiger partial charge in [0, 0.05) is 25.7 Å². The van der Waals surface area contributed by atoms with Gasteiger partial charge in [-0.2, -0.15) is 0 Å². The Hall–Kier alpha value is -0.120. The van der Waals surface area contributed by atoms with Gasteiger partial charge in [0.05, 0.1) is 12.7 Å². The molecule has 0 amide bonds. The molecule has 78 valence electrons. The first-order chi connectivity index (χ1) is 6.24. The third kappa shape index (κ3) is 4.60. The van der Waals surface area contributed by atoms with Gasteiger partial charge in [0.1, 0.15) is 0 Å². The molecular formula is C10H21NO2. The van der Waals surface area contributed by atoms with E-state index in [1.54, 1.807) is 0 Å². The quantitative estimate of drug-likeness (QED) is 0.474. The molecule has 13 heavy (non-hydrogen) atoms. The molecule has 0 saturated carbocycles. The Labute approximate surface area is 80.7 Å². The second-order valence-electron chi connectivity index (χ2n) is 3.89. The van der Waals surface area contributed by atoms with Gasteiger partial charge in [0.25, 0.3) is 0 Å². The van der Waals surface area contributed by atoms with Crippen molar-refractivity contribution in [2.75, 3.05) is 26.3 Å². The summed E-state index contributed by atoms with van der Waals surface area (Å²) in [5.74, 6) is 0. The minimum Gasteiger partial charge on any atom is -0.389 e. The molecule has 0 aromatic rings. The Bertz CT molecular complexity index is 141. The van der Waals surface area contributed by atoms with Crippen LogP contribution in [0.25, 0.3) is 0 Å². The van der Waals surface area contributed by atoms with Crippen LogP contribution in [0.4, 0.5) is 0 Å². The van der Waals surface area contributed by atoms with Crippen molar-refractivity contribution in [2.45, 2.75) is 38.8 Å². The monoisotopic (exact) mass is 187 g/mol. The van der Waals surface area contributed by atoms with E-state index in [-0.39, 0.29) is 6.10 Å². The van der Waals surface area contributed by atoms with Crippen molar-refractivity contribution in [1.29, 1.82) is 0 Å². The molecule has 1 heterocycles. The maximum absolute atomic E-state index is 9.51. The van der Waals surface area contributed by atoms with Gasteiger partial charge in [-0.3, -0.25) is 4.90 Å². The van der Waals surface area contributed by atoms with E-state index in [1.165, 1.54) is 0 Å². The number of hydrogen-bond donors (Lipinski definition) is 1. The van der Waals surface area contributed by atoms with E-state index in [9.17, 15) is 5.11 Å². The molecule has 1 rings (SSSR count). The molecule has 1 aliphatic heterocycles. The second-order valence-corrected chi connectivity index (χ2v) is 3.89. The highest BCUT2D eigenvalue weighted by atomic mass is 16.5. The molecule has 3 atom stereocenters. The summed E-state index contributed by atoms with van der Waals surface area (Å²) < 4.78 is 5.32. The molecule has 0 bridgehead atoms. The fraction of sp³-hybridized carbons (Fsp3) is 1.00. The SMILES string of the molecule is CCCCOCC(O)CN1CC1C. The average Bonchev–Trinajstić information content (AvgIpc) is 2.76. The molecule has 3 heteroatoms. The Morgan fingerprint density at radius 3 is 2.85 bits per heavy atom. The van der Waals surface area contributed by atoms with E-state index in [2.05, 4.69) is 18.7 Å². The minimum absolute atomic E-state index is 0.304. The summed E-state index contributed by atoms with van der Waals surface area (Å²) in [6.45, 7) is 7.48. The lowest BCUT2D eigenvalue weighted by Gasteiger charge is -2.11. The summed E-state index contributed by atoms with van der Waals surface area (Å²) >= 11 is 0. The van der Waals surface area contributed by atoms with E-state index in [0.29, 0.717) is 12.6 Å². The van der Waals surface area contributed by atoms with E-state index < -0.39 is 0 Å². The highest BCUT2D eigenvalue weighted by molar-refractivity contribution is 4.86. The Morgan fingerprint density at radius 1 is 1.62 bits per heavy atom. The van der Waals surface area contributed by atoms with Crippen molar-refractivity contribution < 1.29 is 9.84 Å². The van der Waals surface area contributed by atoms with E-state index >= 15 is 0 Å². The molecule has 0 aliphatic carbocycles. The van der Waals surface area contributed by atoms with Gasteiger partial charge in [0.15, 0.2) is 0 Å². The molecule has 0 spiro atoms. The summed E-state index contributed by atoms with van der Waals surface area (Å²) in [6, 6.07) is 0.672. The van der Waals surface area contributed by atoms with Crippen LogP contribution in [0.5, 0.6) is 0 Å². The number of rotatable bonds is 7. The van der Waals surface area contributed by atoms with Crippen LogP contribution in [0.15, 0.2) is 0 Å². The van der Waals surface area contributed by atoms with Crippen LogP contribution in [0.3, 0.4) is 0 Å². The van der Waals surface area contributed by atoms with Crippen LogP contribution < -0.4 is 0 Å². The highest BCUT2D eigenvalue weighted by Gasteiger charge is 2.30. The molecular weight excluding hydrogens is 166 g/mol. The summed E-state index contributed by atoms with van der Waals surface area (Å²) in [5.41, 5.74) is 0. The largest absolute Gasteiger partial charge is 0.389 e. The van der Waals surface area contributed by atoms with Gasteiger partial charge in [-0.1, -0.05) is 13.3 Å². The van der Waals surface area contributed by atoms with Crippen molar-refractivity contribution in [3.05, 3.63) is 0 Å². The molecule has 3 unspecified atom stereocenters. The van der Waals surface area contributed by atoms with Gasteiger partial charge >= 0.3 is 0 Å². The first-order valence-electron chi connectivity index (χ1n) is 5.24. The zero-order chi connectivity index (χ0) is 9.68. The van der Waals surface area contributed by atoms with Crippen LogP contribution in [0, 0.1) is 0 Å². The van der Waals surface area contributed by atoms with Crippen LogP contribution in [-0.4, -0.2) is 48.5 Å². The normalized spacial score (nSPS) is 28.8. The fourth-order valence-corrected chi connectivity index (χ4v) is 1.34. The van der Waals surface area contributed by atoms with Crippen molar-refractivity contribution >= 4 is 0 Å². The van der Waals surface area contributed by atoms with Crippen LogP contribution in [0.1, 0.15) is 26.7 Å². The third-order valence-corrected chi connectivity index (χ3v) is 2.39. The summed E-state index contributed by atoms with van der Waals surface area (Å²) in [5, 5.41) is 9.51. The van der Waals surface area contributed by atoms with Gasteiger partial charge in [-0.15, -0.1) is 0 Å². The van der Waals surface area contributed by atoms with Gasteiger partial charge in [-0.25, -0.2) is 0 Å². The van der Waals surface area contributed by atoms with Crippen molar-refractivity contribution in [2.24, 2.45) is 0 Å². The number of unbranched alkanes of at least 4 members (excludes halogenated alkanes) is 1. The van der Waals surface area contributed by atoms with E-state index in [4.69, 9.17) is 4.74 Å². The average molecular weight is 187 g/mol. The zero-order valence-corrected chi connectivity index (χ0v) is 8.70. The number of hydrogen-bond acceptors (Lipinski definition) is 3. The number of ether oxygens (including phenoxy) is 1. The molecule has 1 N–H and O–H groups in total. The van der Waals surface area contributed by atoms with E-state index in [0.717, 1.165) is 32.5 Å². The third-order valence-electron chi connectivity index (χ3n) is 2.39. The van der Waals surface area contributed by atoms with Crippen LogP contribution >= 0.6 is 0 Å². The fourth-order valence-electron chi connectivity index (χ4n) is 1.34. The predicted octanol–water partition coefficient (Wildman–Crippen LogP) is 0.868. The summed E-state index contributed by atoms with van der Waals surface area (Å²) in [7, 11) is 0. The minimum atomic E-state index is -0.304. The molecule has 1 saturated heterocycles. The smallest absolute Gasteiger partial charge is 0.0900 e. The second kappa shape index (κ2) is 5.58. The van der Waals surface area contributed by atoms with Crippen molar-refractivity contribution in [3.8, 4) is 0 Å². The maximum atomic E-state index is 9.51. The van der Waals surface area contributed by atoms with Gasteiger partial charge in [0.2, 0.25) is 0 Å². The molecule has 3 nitrogen and oxygen atoms in total. The molecule has 0 radical (unpaired) electrons. The van der Waals surface area contributed by atoms with Crippen molar-refractivity contribution in [3.63, 3.8) is 0 Å². The lowest BCUT2D eigenvalue weighted by molar-refractivity contribution is 0.0283. The number of aliphatic hydroxyl groups excluding tert-OH is 1. The van der Waals surface area contributed by atoms with Crippen LogP contribution in [-0.2, 0) is 4.74 Å². The maximum Gasteiger partial charge on any atom is 0.0900 e. The Kier molecular flexibility index (Phi) is 4.70. The number of nitrogens with zero attached hydrogens (tertiary/aromatic N) is 1. The van der Waals surface area contributed by atoms with Gasteiger partial charge < -0.3 is 9.84 Å². The first kappa shape index (κ1) is 11.0. The topological polar surface area (TPSA) is 32.5 Å². The van der Waals surface area contributed by atoms with E-state index in [1.807, 2.05) is 0 Å². The predicted molar refractivity (Wildman–Crippen MR) is 52.8 cm³/mol. The standard InChI is InChI=1S/C10H21NO2/c1-3-4-5-13-8-10(12)7-11-6-9(11)2/h9-10,12H,3-8H2,1-2H3. The first-order valence-corrected chi connectivity index (χ1v) is 5.24. The Balaban J connectivity index is 1.89. The highest BCUT2D eigenvalue weighted by Crippen LogP contribution is 2.15. The lowest BCUT2D eigenvalue weighted by Crippen LogP contribution is -2.25. The van der Waals surface area contributed by atoms with Gasteiger partial charge in [-0.05, 0) is 13.3 Å². The number of aliphatic hydroxyl groups is 1.